The summed E-state index contributed by atoms with van der Waals surface area (Å²) in [6.45, 7) is 0. The van der Waals surface area contributed by atoms with Crippen LogP contribution in [0.25, 0.3) is 11.5 Å². The molecule has 0 atom stereocenters. The zero-order valence-corrected chi connectivity index (χ0v) is 8.15. The number of hydrogen-bond acceptors (Lipinski definition) is 5. The third-order valence-corrected chi connectivity index (χ3v) is 1.75. The van der Waals surface area contributed by atoms with E-state index in [0.717, 1.165) is 6.20 Å². The van der Waals surface area contributed by atoms with Crippen molar-refractivity contribution in [2.75, 3.05) is 0 Å². The van der Waals surface area contributed by atoms with E-state index >= 15 is 0 Å². The van der Waals surface area contributed by atoms with Gasteiger partial charge in [0.15, 0.2) is 0 Å². The Morgan fingerprint density at radius 1 is 1.35 bits per heavy atom. The summed E-state index contributed by atoms with van der Waals surface area (Å²) in [6.07, 6.45) is -3.40. The van der Waals surface area contributed by atoms with Gasteiger partial charge in [0.25, 0.3) is 0 Å². The molecule has 0 aliphatic heterocycles. The van der Waals surface area contributed by atoms with E-state index in [1.54, 1.807) is 0 Å². The number of rotatable bonds is 2. The monoisotopic (exact) mass is 246 g/mol. The molecule has 0 saturated heterocycles. The van der Waals surface area contributed by atoms with Crippen molar-refractivity contribution in [3.8, 4) is 11.5 Å². The number of halogens is 3. The van der Waals surface area contributed by atoms with Crippen molar-refractivity contribution < 1.29 is 17.7 Å². The van der Waals surface area contributed by atoms with Crippen molar-refractivity contribution in [2.24, 2.45) is 0 Å². The van der Waals surface area contributed by atoms with Gasteiger partial charge in [-0.15, -0.1) is 0 Å². The van der Waals surface area contributed by atoms with Crippen LogP contribution in [0.2, 0.25) is 0 Å². The molecule has 0 radical (unpaired) electrons. The summed E-state index contributed by atoms with van der Waals surface area (Å²) in [6, 6.07) is 0. The Balaban J connectivity index is 2.32. The van der Waals surface area contributed by atoms with Crippen LogP contribution in [0.4, 0.5) is 13.2 Å². The van der Waals surface area contributed by atoms with Crippen molar-refractivity contribution in [1.29, 1.82) is 0 Å². The maximum Gasteiger partial charge on any atom is 0.439 e. The lowest BCUT2D eigenvalue weighted by atomic mass is 10.3. The minimum Gasteiger partial charge on any atom is -0.296 e. The van der Waals surface area contributed by atoms with E-state index in [4.69, 9.17) is 0 Å². The molecule has 2 aromatic rings. The quantitative estimate of drug-likeness (QED) is 0.851. The van der Waals surface area contributed by atoms with E-state index in [0.29, 0.717) is 0 Å². The molecule has 0 aromatic carbocycles. The predicted octanol–water partition coefficient (Wildman–Crippen LogP) is 0.925. The zero-order chi connectivity index (χ0) is 12.5. The van der Waals surface area contributed by atoms with Crippen LogP contribution in [0.15, 0.2) is 21.7 Å². The molecule has 0 unspecified atom stereocenters. The van der Waals surface area contributed by atoms with Crippen molar-refractivity contribution in [2.45, 2.75) is 12.6 Å². The molecule has 2 rings (SSSR count). The highest BCUT2D eigenvalue weighted by molar-refractivity contribution is 5.45. The van der Waals surface area contributed by atoms with Crippen LogP contribution in [0, 0.1) is 0 Å². The molecule has 0 saturated carbocycles. The fourth-order valence-electron chi connectivity index (χ4n) is 1.15. The lowest BCUT2D eigenvalue weighted by Gasteiger charge is -2.05. The molecule has 0 amide bonds. The molecule has 0 bridgehead atoms. The SMILES string of the molecule is O=c1[nH]c(-c2cncc(CC(F)(F)F)n2)no1. The van der Waals surface area contributed by atoms with E-state index in [1.165, 1.54) is 6.20 Å². The Morgan fingerprint density at radius 3 is 2.71 bits per heavy atom. The van der Waals surface area contributed by atoms with Gasteiger partial charge in [0.05, 0.1) is 18.3 Å². The zero-order valence-electron chi connectivity index (χ0n) is 8.15. The third-order valence-electron chi connectivity index (χ3n) is 1.75. The van der Waals surface area contributed by atoms with Crippen molar-refractivity contribution in [3.05, 3.63) is 28.6 Å². The largest absolute Gasteiger partial charge is 0.439 e. The average Bonchev–Trinajstić information content (AvgIpc) is 2.63. The minimum atomic E-state index is -4.37. The Kier molecular flexibility index (Phi) is 2.66. The van der Waals surface area contributed by atoms with Crippen LogP contribution in [0.5, 0.6) is 0 Å². The molecule has 0 aliphatic rings. The van der Waals surface area contributed by atoms with Crippen LogP contribution in [0.1, 0.15) is 5.69 Å². The number of aromatic nitrogens is 4. The number of H-pyrrole nitrogens is 1. The lowest BCUT2D eigenvalue weighted by molar-refractivity contribution is -0.127. The van der Waals surface area contributed by atoms with E-state index in [2.05, 4.69) is 24.6 Å². The maximum atomic E-state index is 12.1. The Morgan fingerprint density at radius 2 is 2.12 bits per heavy atom. The van der Waals surface area contributed by atoms with Gasteiger partial charge in [-0.1, -0.05) is 5.16 Å². The molecule has 0 spiro atoms. The highest BCUT2D eigenvalue weighted by Crippen LogP contribution is 2.20. The van der Waals surface area contributed by atoms with Gasteiger partial charge in [-0.3, -0.25) is 14.5 Å². The smallest absolute Gasteiger partial charge is 0.296 e. The molecule has 2 heterocycles. The van der Waals surface area contributed by atoms with Gasteiger partial charge >= 0.3 is 11.9 Å². The molecule has 1 N–H and O–H groups in total. The molecule has 0 aliphatic carbocycles. The summed E-state index contributed by atoms with van der Waals surface area (Å²) in [5.74, 6) is -0.880. The fourth-order valence-corrected chi connectivity index (χ4v) is 1.15. The molecular weight excluding hydrogens is 241 g/mol. The number of alkyl halides is 3. The molecule has 6 nitrogen and oxygen atoms in total. The predicted molar refractivity (Wildman–Crippen MR) is 47.9 cm³/mol. The fraction of sp³-hybridized carbons (Fsp3) is 0.250. The summed E-state index contributed by atoms with van der Waals surface area (Å²) in [7, 11) is 0. The van der Waals surface area contributed by atoms with E-state index in [9.17, 15) is 18.0 Å². The van der Waals surface area contributed by atoms with Gasteiger partial charge in [0.1, 0.15) is 5.69 Å². The van der Waals surface area contributed by atoms with Crippen LogP contribution in [-0.2, 0) is 6.42 Å². The van der Waals surface area contributed by atoms with Gasteiger partial charge < -0.3 is 0 Å². The van der Waals surface area contributed by atoms with E-state index in [-0.39, 0.29) is 17.2 Å². The highest BCUT2D eigenvalue weighted by atomic mass is 19.4. The van der Waals surface area contributed by atoms with Gasteiger partial charge in [-0.25, -0.2) is 9.78 Å². The van der Waals surface area contributed by atoms with Crippen LogP contribution in [-0.4, -0.2) is 26.3 Å². The first-order chi connectivity index (χ1) is 7.94. The number of hydrogen-bond donors (Lipinski definition) is 1. The summed E-state index contributed by atoms with van der Waals surface area (Å²) >= 11 is 0. The minimum absolute atomic E-state index is 0.0117. The van der Waals surface area contributed by atoms with E-state index < -0.39 is 18.4 Å². The number of nitrogens with zero attached hydrogens (tertiary/aromatic N) is 3. The average molecular weight is 246 g/mol. The normalized spacial score (nSPS) is 11.7. The molecule has 90 valence electrons. The maximum absolute atomic E-state index is 12.1. The van der Waals surface area contributed by atoms with E-state index in [1.807, 2.05) is 0 Å². The topological polar surface area (TPSA) is 84.7 Å². The molecule has 2 aromatic heterocycles. The Bertz CT molecular complexity index is 574. The molecular formula is C8H5F3N4O2. The Hall–Kier alpha value is -2.19. The molecule has 17 heavy (non-hydrogen) atoms. The second-order valence-corrected chi connectivity index (χ2v) is 3.13. The van der Waals surface area contributed by atoms with Gasteiger partial charge in [-0.2, -0.15) is 13.2 Å². The second-order valence-electron chi connectivity index (χ2n) is 3.13. The number of aromatic amines is 1. The molecule has 0 fully saturated rings. The van der Waals surface area contributed by atoms with Crippen LogP contribution >= 0.6 is 0 Å². The summed E-state index contributed by atoms with van der Waals surface area (Å²) in [4.78, 5) is 20.1. The summed E-state index contributed by atoms with van der Waals surface area (Å²) in [5, 5.41) is 3.30. The number of nitrogens with one attached hydrogen (secondary N) is 1. The second kappa shape index (κ2) is 4.00. The van der Waals surface area contributed by atoms with Crippen molar-refractivity contribution in [1.82, 2.24) is 20.1 Å². The standard InChI is InChI=1S/C8H5F3N4O2/c9-8(10,11)1-4-2-12-3-5(13-4)6-14-7(16)17-15-6/h2-3H,1H2,(H,14,15,16). The van der Waals surface area contributed by atoms with Gasteiger partial charge in [0.2, 0.25) is 5.82 Å². The molecule has 9 heteroatoms. The van der Waals surface area contributed by atoms with Gasteiger partial charge in [-0.05, 0) is 0 Å². The first-order valence-corrected chi connectivity index (χ1v) is 4.38. The first kappa shape index (κ1) is 11.3. The van der Waals surface area contributed by atoms with Gasteiger partial charge in [0, 0.05) is 6.20 Å². The lowest BCUT2D eigenvalue weighted by Crippen LogP contribution is -2.13. The first-order valence-electron chi connectivity index (χ1n) is 4.38. The van der Waals surface area contributed by atoms with Crippen LogP contribution in [0.3, 0.4) is 0 Å². The summed E-state index contributed by atoms with van der Waals surface area (Å²) < 4.78 is 40.6. The summed E-state index contributed by atoms with van der Waals surface area (Å²) in [5.41, 5.74) is -0.253. The van der Waals surface area contributed by atoms with Crippen LogP contribution < -0.4 is 5.76 Å². The third kappa shape index (κ3) is 2.89. The Labute approximate surface area is 91.5 Å². The van der Waals surface area contributed by atoms with Crippen molar-refractivity contribution in [3.63, 3.8) is 0 Å². The highest BCUT2D eigenvalue weighted by Gasteiger charge is 2.28. The van der Waals surface area contributed by atoms with Crippen molar-refractivity contribution >= 4 is 0 Å².